The van der Waals surface area contributed by atoms with Gasteiger partial charge in [0.15, 0.2) is 5.78 Å². The van der Waals surface area contributed by atoms with Gasteiger partial charge in [0, 0.05) is 10.9 Å². The van der Waals surface area contributed by atoms with Crippen LogP contribution in [-0.4, -0.2) is 39.2 Å². The van der Waals surface area contributed by atoms with Gasteiger partial charge >= 0.3 is 88.1 Å². The topological polar surface area (TPSA) is 124 Å². The minimum Gasteiger partial charge on any atom is -0.294 e. The van der Waals surface area contributed by atoms with Crippen molar-refractivity contribution in [3.63, 3.8) is 0 Å². The van der Waals surface area contributed by atoms with E-state index in [0.29, 0.717) is 0 Å². The van der Waals surface area contributed by atoms with Crippen LogP contribution in [0.4, 0.5) is 5.69 Å². The van der Waals surface area contributed by atoms with Crippen LogP contribution in [0.15, 0.2) is 35.0 Å². The van der Waals surface area contributed by atoms with E-state index in [0.717, 1.165) is 5.56 Å². The van der Waals surface area contributed by atoms with Gasteiger partial charge < -0.3 is 0 Å². The predicted molar refractivity (Wildman–Crippen MR) is 87.2 cm³/mol. The number of carbonyl (C=O) groups is 2. The first-order valence-electron chi connectivity index (χ1n) is 6.31. The van der Waals surface area contributed by atoms with Gasteiger partial charge in [-0.3, -0.25) is 4.79 Å². The van der Waals surface area contributed by atoms with Gasteiger partial charge in [-0.15, -0.1) is 0 Å². The molecule has 1 amide bonds. The molecule has 1 aromatic heterocycles. The summed E-state index contributed by atoms with van der Waals surface area (Å²) < 4.78 is 28.8. The number of amides is 1. The molecular formula is C14H16AsNO6S. The molecule has 0 aliphatic rings. The molecule has 0 unspecified atom stereocenters. The van der Waals surface area contributed by atoms with Crippen LogP contribution in [-0.2, 0) is 8.53 Å². The van der Waals surface area contributed by atoms with Gasteiger partial charge in [0.25, 0.3) is 0 Å². The van der Waals surface area contributed by atoms with Crippen molar-refractivity contribution in [2.45, 2.75) is 13.8 Å². The Morgan fingerprint density at radius 1 is 1.17 bits per heavy atom. The van der Waals surface area contributed by atoms with Crippen molar-refractivity contribution in [3.8, 4) is 5.75 Å². The molecule has 1 aromatic carbocycles. The van der Waals surface area contributed by atoms with Crippen molar-refractivity contribution in [2.75, 3.05) is 5.32 Å². The van der Waals surface area contributed by atoms with Gasteiger partial charge in [-0.1, -0.05) is 0 Å². The van der Waals surface area contributed by atoms with Gasteiger partial charge in [-0.05, 0) is 18.4 Å². The molecule has 9 heteroatoms. The predicted octanol–water partition coefficient (Wildman–Crippen LogP) is 0.862. The molecule has 2 rings (SSSR count). The number of ketones is 1. The molecule has 1 heterocycles. The number of carbonyl (C=O) groups excluding carboxylic acids is 2. The second-order valence-electron chi connectivity index (χ2n) is 4.46. The number of anilines is 1. The normalized spacial score (nSPS) is 10.4. The van der Waals surface area contributed by atoms with E-state index in [-0.39, 0.29) is 21.6 Å². The molecule has 0 radical (unpaired) electrons. The third kappa shape index (κ3) is 6.03. The number of rotatable bonds is 3. The first-order valence-corrected chi connectivity index (χ1v) is 10.6. The molecule has 23 heavy (non-hydrogen) atoms. The summed E-state index contributed by atoms with van der Waals surface area (Å²) >= 11 is -3.59. The van der Waals surface area contributed by atoms with Crippen molar-refractivity contribution in [1.82, 2.24) is 0 Å². The number of aromatic hydroxyl groups is 1. The van der Waals surface area contributed by atoms with Crippen LogP contribution in [0.1, 0.15) is 24.2 Å². The average molecular weight is 401 g/mol. The Morgan fingerprint density at radius 3 is 2.22 bits per heavy atom. The zero-order valence-electron chi connectivity index (χ0n) is 12.4. The molecule has 0 aliphatic heterocycles. The third-order valence-corrected chi connectivity index (χ3v) is 5.34. The van der Waals surface area contributed by atoms with E-state index in [1.54, 1.807) is 18.3 Å². The van der Waals surface area contributed by atoms with E-state index in [1.807, 2.05) is 16.8 Å². The number of phenols is 1. The standard InChI is InChI=1S/C8H10AsNO5.C6H6OS/c1-5(11)10-8-6(9(13,14)15)3-2-4-7(8)12;1-5(7)6-2-3-8-4-6/h2-4,12H,1H3,(H,10,11)(H2,13,14,15);2-4H,1H3. The van der Waals surface area contributed by atoms with Gasteiger partial charge in [0.1, 0.15) is 0 Å². The smallest absolute Gasteiger partial charge is 0.160 e. The van der Waals surface area contributed by atoms with Crippen LogP contribution >= 0.6 is 11.3 Å². The fraction of sp³-hybridized carbons (Fsp3) is 0.143. The summed E-state index contributed by atoms with van der Waals surface area (Å²) in [4.78, 5) is 21.3. The Balaban J connectivity index is 0.000000277. The third-order valence-electron chi connectivity index (χ3n) is 2.56. The molecule has 7 nitrogen and oxygen atoms in total. The molecule has 124 valence electrons. The molecule has 0 fully saturated rings. The summed E-state index contributed by atoms with van der Waals surface area (Å²) in [6, 6.07) is 5.54. The molecule has 4 N–H and O–H groups in total. The number of thiophene rings is 1. The van der Waals surface area contributed by atoms with Crippen molar-refractivity contribution in [3.05, 3.63) is 40.6 Å². The van der Waals surface area contributed by atoms with Gasteiger partial charge in [0.05, 0.1) is 0 Å². The SMILES string of the molecule is CC(=O)Nc1c(O)cccc1[As](=O)(O)O.CC(=O)c1ccsc1. The Kier molecular flexibility index (Phi) is 6.77. The van der Waals surface area contributed by atoms with Crippen LogP contribution in [0.3, 0.4) is 0 Å². The summed E-state index contributed by atoms with van der Waals surface area (Å²) in [5, 5.41) is 15.3. The number of hydrogen-bond acceptors (Lipinski definition) is 5. The fourth-order valence-electron chi connectivity index (χ4n) is 1.54. The molecule has 2 aromatic rings. The van der Waals surface area contributed by atoms with Crippen LogP contribution in [0.5, 0.6) is 5.75 Å². The number of para-hydroxylation sites is 1. The Morgan fingerprint density at radius 2 is 1.83 bits per heavy atom. The summed E-state index contributed by atoms with van der Waals surface area (Å²) in [5.41, 5.74) is 0.590. The van der Waals surface area contributed by atoms with E-state index in [1.165, 1.54) is 25.1 Å². The molecule has 0 saturated heterocycles. The molecule has 0 atom stereocenters. The number of benzene rings is 1. The molecule has 0 spiro atoms. The van der Waals surface area contributed by atoms with Gasteiger partial charge in [-0.2, -0.15) is 11.3 Å². The zero-order chi connectivity index (χ0) is 17.6. The van der Waals surface area contributed by atoms with Gasteiger partial charge in [0.2, 0.25) is 0 Å². The average Bonchev–Trinajstić information content (AvgIpc) is 2.94. The zero-order valence-corrected chi connectivity index (χ0v) is 15.1. The molecule has 0 bridgehead atoms. The minimum absolute atomic E-state index is 0.145. The van der Waals surface area contributed by atoms with Crippen molar-refractivity contribution in [2.24, 2.45) is 0 Å². The molecular weight excluding hydrogens is 385 g/mol. The maximum absolute atomic E-state index is 11.1. The monoisotopic (exact) mass is 401 g/mol. The Hall–Kier alpha value is -1.86. The van der Waals surface area contributed by atoms with Crippen LogP contribution in [0.2, 0.25) is 0 Å². The number of hydrogen-bond donors (Lipinski definition) is 4. The first-order chi connectivity index (χ1) is 10.6. The Bertz CT molecular complexity index is 738. The number of nitrogens with one attached hydrogen (secondary N) is 1. The van der Waals surface area contributed by atoms with Crippen LogP contribution in [0, 0.1) is 0 Å². The Labute approximate surface area is 139 Å². The fourth-order valence-corrected chi connectivity index (χ4v) is 3.79. The van der Waals surface area contributed by atoms with Crippen molar-refractivity contribution < 1.29 is 26.6 Å². The summed E-state index contributed by atoms with van der Waals surface area (Å²) in [6.07, 6.45) is 0. The number of phenolic OH excluding ortho intramolecular Hbond substituents is 1. The maximum Gasteiger partial charge on any atom is 0.160 e. The van der Waals surface area contributed by atoms with E-state index >= 15 is 0 Å². The van der Waals surface area contributed by atoms with E-state index in [9.17, 15) is 18.4 Å². The van der Waals surface area contributed by atoms with Gasteiger partial charge in [-0.25, -0.2) is 0 Å². The van der Waals surface area contributed by atoms with Crippen LogP contribution in [0.25, 0.3) is 0 Å². The second kappa shape index (κ2) is 8.12. The number of Topliss-reactive ketones (excluding diaryl/α,β-unsaturated/α-hetero) is 1. The van der Waals surface area contributed by atoms with E-state index < -0.39 is 20.1 Å². The quantitative estimate of drug-likeness (QED) is 0.344. The summed E-state index contributed by atoms with van der Waals surface area (Å²) in [6.45, 7) is 2.75. The molecule has 0 saturated carbocycles. The minimum atomic E-state index is -5.14. The maximum atomic E-state index is 11.1. The largest absolute Gasteiger partial charge is 0.294 e. The molecule has 0 aliphatic carbocycles. The van der Waals surface area contributed by atoms with E-state index in [4.69, 9.17) is 8.19 Å². The van der Waals surface area contributed by atoms with E-state index in [2.05, 4.69) is 5.32 Å². The first kappa shape index (κ1) is 19.2. The van der Waals surface area contributed by atoms with Crippen LogP contribution < -0.4 is 9.67 Å². The summed E-state index contributed by atoms with van der Waals surface area (Å²) in [5.74, 6) is -0.736. The van der Waals surface area contributed by atoms with Crippen molar-refractivity contribution >= 4 is 47.2 Å². The van der Waals surface area contributed by atoms with Crippen molar-refractivity contribution in [1.29, 1.82) is 0 Å². The summed E-state index contributed by atoms with van der Waals surface area (Å²) in [7, 11) is 0. The second-order valence-corrected chi connectivity index (χ2v) is 8.54.